The Hall–Kier alpha value is -0.730. The number of carbonyl (C=O) groups is 1. The summed E-state index contributed by atoms with van der Waals surface area (Å²) in [4.78, 5) is 11.1. The van der Waals surface area contributed by atoms with Crippen LogP contribution in [0.4, 0.5) is 0 Å². The van der Waals surface area contributed by atoms with Crippen molar-refractivity contribution in [2.24, 2.45) is 0 Å². The van der Waals surface area contributed by atoms with Gasteiger partial charge in [-0.3, -0.25) is 4.79 Å². The molecule has 0 fully saturated rings. The Labute approximate surface area is 88.7 Å². The van der Waals surface area contributed by atoms with Crippen LogP contribution in [0.15, 0.2) is 0 Å². The van der Waals surface area contributed by atoms with Gasteiger partial charge in [0.1, 0.15) is 0 Å². The largest absolute Gasteiger partial charge is 0.393 e. The Bertz CT molecular complexity index is 203. The van der Waals surface area contributed by atoms with Crippen LogP contribution in [0.5, 0.6) is 0 Å². The summed E-state index contributed by atoms with van der Waals surface area (Å²) in [7, 11) is 0. The van der Waals surface area contributed by atoms with Gasteiger partial charge in [-0.1, -0.05) is 6.92 Å². The lowest BCUT2D eigenvalue weighted by Crippen LogP contribution is -2.28. The highest BCUT2D eigenvalue weighted by molar-refractivity contribution is 8.00. The van der Waals surface area contributed by atoms with Crippen LogP contribution in [0.25, 0.3) is 0 Å². The molecule has 0 aliphatic carbocycles. The Morgan fingerprint density at radius 3 is 3.00 bits per heavy atom. The number of thioether (sulfide) groups is 1. The van der Waals surface area contributed by atoms with Crippen LogP contribution >= 0.6 is 11.8 Å². The second kappa shape index (κ2) is 8.85. The van der Waals surface area contributed by atoms with Gasteiger partial charge in [0, 0.05) is 6.54 Å². The van der Waals surface area contributed by atoms with Crippen LogP contribution in [0.2, 0.25) is 0 Å². The molecule has 0 aliphatic rings. The fraction of sp³-hybridized carbons (Fsp3) is 0.778. The molecular formula is C9H16N2O2S. The molecule has 4 nitrogen and oxygen atoms in total. The summed E-state index contributed by atoms with van der Waals surface area (Å²) in [5.74, 6) is 0.578. The van der Waals surface area contributed by atoms with E-state index in [2.05, 4.69) is 5.32 Å². The molecule has 80 valence electrons. The van der Waals surface area contributed by atoms with Gasteiger partial charge in [-0.25, -0.2) is 0 Å². The molecule has 0 aromatic carbocycles. The average Bonchev–Trinajstić information content (AvgIpc) is 2.18. The van der Waals surface area contributed by atoms with E-state index >= 15 is 0 Å². The lowest BCUT2D eigenvalue weighted by atomic mass is 10.2. The average molecular weight is 216 g/mol. The van der Waals surface area contributed by atoms with Crippen molar-refractivity contribution in [2.75, 3.05) is 18.1 Å². The first-order valence-electron chi connectivity index (χ1n) is 4.60. The third kappa shape index (κ3) is 7.90. The summed E-state index contributed by atoms with van der Waals surface area (Å²) >= 11 is 1.29. The Morgan fingerprint density at radius 2 is 2.43 bits per heavy atom. The van der Waals surface area contributed by atoms with Crippen LogP contribution in [0.1, 0.15) is 19.8 Å². The van der Waals surface area contributed by atoms with Crippen LogP contribution < -0.4 is 5.32 Å². The lowest BCUT2D eigenvalue weighted by Gasteiger charge is -2.08. The fourth-order valence-electron chi connectivity index (χ4n) is 0.823. The molecule has 0 rings (SSSR count). The first-order chi connectivity index (χ1) is 6.70. The molecule has 0 aromatic heterocycles. The number of nitrogens with one attached hydrogen (secondary N) is 1. The summed E-state index contributed by atoms with van der Waals surface area (Å²) in [6.07, 6.45) is 0.964. The van der Waals surface area contributed by atoms with Gasteiger partial charge in [0.15, 0.2) is 0 Å². The van der Waals surface area contributed by atoms with Gasteiger partial charge in [-0.2, -0.15) is 5.26 Å². The van der Waals surface area contributed by atoms with Crippen molar-refractivity contribution in [1.82, 2.24) is 5.32 Å². The number of hydrogen-bond donors (Lipinski definition) is 2. The second-order valence-corrected chi connectivity index (χ2v) is 3.84. The molecule has 0 aliphatic heterocycles. The van der Waals surface area contributed by atoms with Crippen LogP contribution in [-0.4, -0.2) is 35.2 Å². The Morgan fingerprint density at radius 1 is 1.71 bits per heavy atom. The zero-order valence-electron chi connectivity index (χ0n) is 8.32. The number of aliphatic hydroxyl groups is 1. The van der Waals surface area contributed by atoms with Crippen molar-refractivity contribution in [3.63, 3.8) is 0 Å². The molecule has 0 bridgehead atoms. The van der Waals surface area contributed by atoms with Crippen LogP contribution in [0.3, 0.4) is 0 Å². The molecule has 0 heterocycles. The van der Waals surface area contributed by atoms with E-state index in [1.165, 1.54) is 11.8 Å². The second-order valence-electron chi connectivity index (χ2n) is 2.85. The predicted octanol–water partition coefficient (Wildman–Crippen LogP) is 0.520. The van der Waals surface area contributed by atoms with Gasteiger partial charge in [0.2, 0.25) is 5.91 Å². The molecule has 0 radical (unpaired) electrons. The molecular weight excluding hydrogens is 200 g/mol. The number of nitriles is 1. The number of amides is 1. The van der Waals surface area contributed by atoms with Crippen molar-refractivity contribution < 1.29 is 9.90 Å². The van der Waals surface area contributed by atoms with Gasteiger partial charge in [0.25, 0.3) is 0 Å². The number of hydrogen-bond acceptors (Lipinski definition) is 4. The van der Waals surface area contributed by atoms with Gasteiger partial charge in [-0.15, -0.1) is 11.8 Å². The number of rotatable bonds is 7. The molecule has 1 amide bonds. The molecule has 2 N–H and O–H groups in total. The van der Waals surface area contributed by atoms with E-state index < -0.39 is 0 Å². The smallest absolute Gasteiger partial charge is 0.230 e. The highest BCUT2D eigenvalue weighted by atomic mass is 32.2. The van der Waals surface area contributed by atoms with Crippen molar-refractivity contribution in [3.8, 4) is 6.07 Å². The van der Waals surface area contributed by atoms with E-state index in [0.29, 0.717) is 30.9 Å². The van der Waals surface area contributed by atoms with Crippen molar-refractivity contribution in [1.29, 1.82) is 5.26 Å². The van der Waals surface area contributed by atoms with E-state index in [-0.39, 0.29) is 12.0 Å². The van der Waals surface area contributed by atoms with Gasteiger partial charge < -0.3 is 10.4 Å². The molecule has 1 atom stereocenters. The zero-order chi connectivity index (χ0) is 10.8. The van der Waals surface area contributed by atoms with Crippen molar-refractivity contribution >= 4 is 17.7 Å². The van der Waals surface area contributed by atoms with Crippen LogP contribution in [0, 0.1) is 11.3 Å². The first-order valence-corrected chi connectivity index (χ1v) is 5.75. The SMILES string of the molecule is CCC(O)CCNC(=O)CSCC#N. The molecule has 0 saturated heterocycles. The molecule has 0 aromatic rings. The number of carbonyl (C=O) groups excluding carboxylic acids is 1. The third-order valence-electron chi connectivity index (χ3n) is 1.67. The summed E-state index contributed by atoms with van der Waals surface area (Å²) < 4.78 is 0. The standard InChI is InChI=1S/C9H16N2O2S/c1-2-8(12)3-5-11-9(13)7-14-6-4-10/h8,12H,2-3,5-7H2,1H3,(H,11,13). The Kier molecular flexibility index (Phi) is 8.39. The van der Waals surface area contributed by atoms with Gasteiger partial charge >= 0.3 is 0 Å². The maximum absolute atomic E-state index is 11.1. The monoisotopic (exact) mass is 216 g/mol. The maximum Gasteiger partial charge on any atom is 0.230 e. The molecule has 0 spiro atoms. The number of nitrogens with zero attached hydrogens (tertiary/aromatic N) is 1. The molecule has 5 heteroatoms. The molecule has 0 saturated carbocycles. The fourth-order valence-corrected chi connectivity index (χ4v) is 1.30. The van der Waals surface area contributed by atoms with E-state index in [9.17, 15) is 9.90 Å². The third-order valence-corrected chi connectivity index (χ3v) is 2.47. The zero-order valence-corrected chi connectivity index (χ0v) is 9.14. The minimum atomic E-state index is -0.331. The van der Waals surface area contributed by atoms with Gasteiger partial charge in [0.05, 0.1) is 23.7 Å². The Balaban J connectivity index is 3.32. The molecule has 14 heavy (non-hydrogen) atoms. The summed E-state index contributed by atoms with van der Waals surface area (Å²) in [5.41, 5.74) is 0. The first kappa shape index (κ1) is 13.3. The van der Waals surface area contributed by atoms with E-state index in [1.54, 1.807) is 0 Å². The highest BCUT2D eigenvalue weighted by Crippen LogP contribution is 1.98. The maximum atomic E-state index is 11.1. The predicted molar refractivity (Wildman–Crippen MR) is 56.9 cm³/mol. The minimum Gasteiger partial charge on any atom is -0.393 e. The topological polar surface area (TPSA) is 73.1 Å². The summed E-state index contributed by atoms with van der Waals surface area (Å²) in [6.45, 7) is 2.40. The summed E-state index contributed by atoms with van der Waals surface area (Å²) in [5, 5.41) is 20.1. The van der Waals surface area contributed by atoms with E-state index in [0.717, 1.165) is 0 Å². The molecule has 1 unspecified atom stereocenters. The van der Waals surface area contributed by atoms with Crippen molar-refractivity contribution in [3.05, 3.63) is 0 Å². The normalized spacial score (nSPS) is 11.8. The van der Waals surface area contributed by atoms with Crippen LogP contribution in [-0.2, 0) is 4.79 Å². The van der Waals surface area contributed by atoms with Crippen molar-refractivity contribution in [2.45, 2.75) is 25.9 Å². The lowest BCUT2D eigenvalue weighted by molar-refractivity contribution is -0.118. The van der Waals surface area contributed by atoms with E-state index in [1.807, 2.05) is 13.0 Å². The number of aliphatic hydroxyl groups excluding tert-OH is 1. The summed E-state index contributed by atoms with van der Waals surface area (Å²) in [6, 6.07) is 1.95. The highest BCUT2D eigenvalue weighted by Gasteiger charge is 2.03. The van der Waals surface area contributed by atoms with E-state index in [4.69, 9.17) is 5.26 Å². The quantitative estimate of drug-likeness (QED) is 0.608. The minimum absolute atomic E-state index is 0.0754. The van der Waals surface area contributed by atoms with Gasteiger partial charge in [-0.05, 0) is 12.8 Å².